The molecule has 0 aliphatic rings. The highest BCUT2D eigenvalue weighted by Crippen LogP contribution is 2.16. The van der Waals surface area contributed by atoms with Crippen molar-refractivity contribution in [1.82, 2.24) is 15.6 Å². The molecule has 6 heteroatoms. The minimum Gasteiger partial charge on any atom is -0.357 e. The zero-order valence-corrected chi connectivity index (χ0v) is 14.4. The van der Waals surface area contributed by atoms with Gasteiger partial charge < -0.3 is 10.6 Å². The second kappa shape index (κ2) is 8.14. The Kier molecular flexibility index (Phi) is 6.20. The summed E-state index contributed by atoms with van der Waals surface area (Å²) in [4.78, 5) is 13.0. The van der Waals surface area contributed by atoms with Crippen molar-refractivity contribution in [3.63, 3.8) is 0 Å². The van der Waals surface area contributed by atoms with Gasteiger partial charge in [0.1, 0.15) is 5.01 Å². The third-order valence-corrected chi connectivity index (χ3v) is 5.02. The number of guanidine groups is 1. The predicted molar refractivity (Wildman–Crippen MR) is 92.2 cm³/mol. The Bertz CT molecular complexity index is 586. The molecule has 0 saturated heterocycles. The van der Waals surface area contributed by atoms with Crippen molar-refractivity contribution in [2.75, 3.05) is 6.54 Å². The van der Waals surface area contributed by atoms with Crippen LogP contribution in [0.25, 0.3) is 0 Å². The van der Waals surface area contributed by atoms with Gasteiger partial charge in [-0.25, -0.2) is 9.98 Å². The lowest BCUT2D eigenvalue weighted by molar-refractivity contribution is 0.813. The number of aryl methyl sites for hydroxylation is 2. The van der Waals surface area contributed by atoms with Crippen LogP contribution in [-0.2, 0) is 19.5 Å². The molecule has 0 amide bonds. The van der Waals surface area contributed by atoms with E-state index in [9.17, 15) is 0 Å². The summed E-state index contributed by atoms with van der Waals surface area (Å²) in [6.07, 6.45) is 3.00. The lowest BCUT2D eigenvalue weighted by Crippen LogP contribution is -2.36. The van der Waals surface area contributed by atoms with Crippen LogP contribution in [0.5, 0.6) is 0 Å². The fourth-order valence-corrected chi connectivity index (χ4v) is 3.44. The number of nitrogens with zero attached hydrogens (tertiary/aromatic N) is 2. The van der Waals surface area contributed by atoms with Crippen molar-refractivity contribution < 1.29 is 0 Å². The van der Waals surface area contributed by atoms with Gasteiger partial charge in [0.05, 0.1) is 13.1 Å². The van der Waals surface area contributed by atoms with Crippen molar-refractivity contribution in [2.24, 2.45) is 4.99 Å². The average molecular weight is 323 g/mol. The van der Waals surface area contributed by atoms with Gasteiger partial charge in [0.2, 0.25) is 0 Å². The quantitative estimate of drug-likeness (QED) is 0.633. The van der Waals surface area contributed by atoms with E-state index in [1.807, 2.05) is 6.20 Å². The molecule has 4 nitrogen and oxygen atoms in total. The second-order valence-electron chi connectivity index (χ2n) is 4.63. The SMILES string of the molecule is CCNC(=NCc1ccc(C)s1)NCc1ncc(CC)s1. The minimum absolute atomic E-state index is 0.714. The van der Waals surface area contributed by atoms with E-state index in [4.69, 9.17) is 0 Å². The lowest BCUT2D eigenvalue weighted by atomic mass is 10.4. The third-order valence-electron chi connectivity index (χ3n) is 2.89. The molecule has 0 saturated carbocycles. The van der Waals surface area contributed by atoms with E-state index in [0.29, 0.717) is 6.54 Å². The molecular formula is C15H22N4S2. The highest BCUT2D eigenvalue weighted by molar-refractivity contribution is 7.12. The highest BCUT2D eigenvalue weighted by Gasteiger charge is 2.03. The summed E-state index contributed by atoms with van der Waals surface area (Å²) >= 11 is 3.55. The van der Waals surface area contributed by atoms with E-state index in [1.54, 1.807) is 22.7 Å². The Morgan fingerprint density at radius 3 is 2.67 bits per heavy atom. The van der Waals surface area contributed by atoms with Crippen LogP contribution < -0.4 is 10.6 Å². The van der Waals surface area contributed by atoms with Gasteiger partial charge in [-0.2, -0.15) is 0 Å². The molecule has 0 fully saturated rings. The Labute approximate surface area is 134 Å². The van der Waals surface area contributed by atoms with Crippen molar-refractivity contribution >= 4 is 28.6 Å². The maximum Gasteiger partial charge on any atom is 0.191 e. The fourth-order valence-electron chi connectivity index (χ4n) is 1.82. The van der Waals surface area contributed by atoms with Gasteiger partial charge in [0.15, 0.2) is 5.96 Å². The Morgan fingerprint density at radius 1 is 1.19 bits per heavy atom. The number of rotatable bonds is 6. The van der Waals surface area contributed by atoms with Crippen LogP contribution in [0.15, 0.2) is 23.3 Å². The van der Waals surface area contributed by atoms with E-state index >= 15 is 0 Å². The van der Waals surface area contributed by atoms with E-state index in [-0.39, 0.29) is 0 Å². The normalized spacial score (nSPS) is 11.7. The van der Waals surface area contributed by atoms with Crippen LogP contribution in [0.2, 0.25) is 0 Å². The standard InChI is InChI=1S/C15H22N4S2/c1-4-12-8-17-14(21-12)10-19-15(16-5-2)18-9-13-7-6-11(3)20-13/h6-8H,4-5,9-10H2,1-3H3,(H2,16,18,19). The van der Waals surface area contributed by atoms with Crippen LogP contribution >= 0.6 is 22.7 Å². The average Bonchev–Trinajstić information content (AvgIpc) is 3.10. The molecule has 0 atom stereocenters. The zero-order chi connectivity index (χ0) is 15.1. The van der Waals surface area contributed by atoms with Crippen LogP contribution in [0.3, 0.4) is 0 Å². The van der Waals surface area contributed by atoms with E-state index in [1.165, 1.54) is 14.6 Å². The van der Waals surface area contributed by atoms with Gasteiger partial charge in [0.25, 0.3) is 0 Å². The van der Waals surface area contributed by atoms with Gasteiger partial charge in [-0.05, 0) is 32.4 Å². The predicted octanol–water partition coefficient (Wildman–Crippen LogP) is 3.33. The molecule has 0 unspecified atom stereocenters. The number of aromatic nitrogens is 1. The Balaban J connectivity index is 1.91. The molecular weight excluding hydrogens is 300 g/mol. The van der Waals surface area contributed by atoms with Crippen LogP contribution in [0, 0.1) is 6.92 Å². The molecule has 2 aromatic rings. The molecule has 21 heavy (non-hydrogen) atoms. The molecule has 0 aromatic carbocycles. The Hall–Kier alpha value is -1.40. The summed E-state index contributed by atoms with van der Waals surface area (Å²) < 4.78 is 0. The molecule has 0 spiro atoms. The van der Waals surface area contributed by atoms with Crippen molar-refractivity contribution in [2.45, 2.75) is 40.3 Å². The number of hydrogen-bond acceptors (Lipinski definition) is 4. The number of thiophene rings is 1. The van der Waals surface area contributed by atoms with Crippen LogP contribution in [-0.4, -0.2) is 17.5 Å². The first-order valence-corrected chi connectivity index (χ1v) is 8.85. The van der Waals surface area contributed by atoms with E-state index in [2.05, 4.69) is 53.5 Å². The smallest absolute Gasteiger partial charge is 0.191 e. The summed E-state index contributed by atoms with van der Waals surface area (Å²) in [5, 5.41) is 7.72. The first kappa shape index (κ1) is 16.0. The number of thiazole rings is 1. The van der Waals surface area contributed by atoms with E-state index < -0.39 is 0 Å². The third kappa shape index (κ3) is 5.13. The molecule has 2 aromatic heterocycles. The monoisotopic (exact) mass is 322 g/mol. The van der Waals surface area contributed by atoms with Gasteiger partial charge in [-0.15, -0.1) is 22.7 Å². The number of aliphatic imine (C=N–C) groups is 1. The topological polar surface area (TPSA) is 49.3 Å². The summed E-state index contributed by atoms with van der Waals surface area (Å²) in [6.45, 7) is 8.64. The van der Waals surface area contributed by atoms with Crippen molar-refractivity contribution in [3.05, 3.63) is 38.0 Å². The van der Waals surface area contributed by atoms with Crippen LogP contribution in [0.4, 0.5) is 0 Å². The maximum atomic E-state index is 4.62. The first-order chi connectivity index (χ1) is 10.2. The summed E-state index contributed by atoms with van der Waals surface area (Å²) in [5.41, 5.74) is 0. The molecule has 0 radical (unpaired) electrons. The Morgan fingerprint density at radius 2 is 2.05 bits per heavy atom. The maximum absolute atomic E-state index is 4.62. The number of hydrogen-bond donors (Lipinski definition) is 2. The largest absolute Gasteiger partial charge is 0.357 e. The van der Waals surface area contributed by atoms with Gasteiger partial charge in [-0.1, -0.05) is 6.92 Å². The molecule has 2 heterocycles. The van der Waals surface area contributed by atoms with Gasteiger partial charge in [0, 0.05) is 27.4 Å². The molecule has 2 N–H and O–H groups in total. The first-order valence-electron chi connectivity index (χ1n) is 7.22. The zero-order valence-electron chi connectivity index (χ0n) is 12.8. The molecule has 0 aliphatic carbocycles. The molecule has 0 aliphatic heterocycles. The summed E-state index contributed by atoms with van der Waals surface area (Å²) in [5.74, 6) is 0.844. The fraction of sp³-hybridized carbons (Fsp3) is 0.467. The van der Waals surface area contributed by atoms with Crippen molar-refractivity contribution in [1.29, 1.82) is 0 Å². The molecule has 2 rings (SSSR count). The summed E-state index contributed by atoms with van der Waals surface area (Å²) in [6, 6.07) is 4.28. The molecule has 114 valence electrons. The van der Waals surface area contributed by atoms with Crippen LogP contribution in [0.1, 0.15) is 33.5 Å². The van der Waals surface area contributed by atoms with Gasteiger partial charge >= 0.3 is 0 Å². The van der Waals surface area contributed by atoms with E-state index in [0.717, 1.165) is 30.5 Å². The molecule has 0 bridgehead atoms. The van der Waals surface area contributed by atoms with Crippen molar-refractivity contribution in [3.8, 4) is 0 Å². The lowest BCUT2D eigenvalue weighted by Gasteiger charge is -2.09. The van der Waals surface area contributed by atoms with Gasteiger partial charge in [-0.3, -0.25) is 0 Å². The second-order valence-corrected chi connectivity index (χ2v) is 7.21. The summed E-state index contributed by atoms with van der Waals surface area (Å²) in [7, 11) is 0. The highest BCUT2D eigenvalue weighted by atomic mass is 32.1. The minimum atomic E-state index is 0.714. The number of nitrogens with one attached hydrogen (secondary N) is 2.